The van der Waals surface area contributed by atoms with Crippen LogP contribution in [-0.2, 0) is 22.7 Å². The summed E-state index contributed by atoms with van der Waals surface area (Å²) in [5.41, 5.74) is 2.58. The average molecular weight is 349 g/mol. The Labute approximate surface area is 146 Å². The molecule has 0 unspecified atom stereocenters. The lowest BCUT2D eigenvalue weighted by atomic mass is 10.2. The van der Waals surface area contributed by atoms with Crippen molar-refractivity contribution in [1.29, 1.82) is 0 Å². The number of esters is 1. The summed E-state index contributed by atoms with van der Waals surface area (Å²) in [6, 6.07) is 5.65. The van der Waals surface area contributed by atoms with Crippen LogP contribution in [0.25, 0.3) is 11.0 Å². The van der Waals surface area contributed by atoms with Gasteiger partial charge in [-0.25, -0.2) is 4.79 Å². The number of carbonyl (C=O) groups excluding carboxylic acids is 1. The molecule has 24 heavy (non-hydrogen) atoms. The minimum Gasteiger partial charge on any atom is -0.462 e. The van der Waals surface area contributed by atoms with Gasteiger partial charge in [0.15, 0.2) is 4.77 Å². The lowest BCUT2D eigenvalue weighted by Gasteiger charge is -2.27. The fourth-order valence-electron chi connectivity index (χ4n) is 3.05. The summed E-state index contributed by atoms with van der Waals surface area (Å²) in [6.45, 7) is 9.02. The number of rotatable bonds is 5. The summed E-state index contributed by atoms with van der Waals surface area (Å²) < 4.78 is 15.5. The van der Waals surface area contributed by atoms with Gasteiger partial charge in [-0.1, -0.05) is 0 Å². The van der Waals surface area contributed by atoms with E-state index in [0.717, 1.165) is 48.7 Å². The molecular weight excluding hydrogens is 326 g/mol. The second kappa shape index (κ2) is 7.46. The smallest absolute Gasteiger partial charge is 0.338 e. The third-order valence-corrected chi connectivity index (χ3v) is 4.73. The Balaban J connectivity index is 2.04. The molecule has 2 heterocycles. The number of hydrogen-bond acceptors (Lipinski definition) is 5. The summed E-state index contributed by atoms with van der Waals surface area (Å²) in [7, 11) is 0. The first kappa shape index (κ1) is 17.1. The Bertz CT molecular complexity index is 790. The number of hydrogen-bond donors (Lipinski definition) is 0. The molecule has 1 aromatic heterocycles. The Hall–Kier alpha value is -1.70. The summed E-state index contributed by atoms with van der Waals surface area (Å²) in [5.74, 6) is -0.299. The highest BCUT2D eigenvalue weighted by atomic mass is 32.1. The van der Waals surface area contributed by atoms with Crippen molar-refractivity contribution in [2.24, 2.45) is 0 Å². The Morgan fingerprint density at radius 1 is 1.21 bits per heavy atom. The van der Waals surface area contributed by atoms with Gasteiger partial charge in [0.1, 0.15) is 0 Å². The second-order valence-electron chi connectivity index (χ2n) is 5.75. The van der Waals surface area contributed by atoms with Gasteiger partial charge in [0.05, 0.1) is 43.1 Å². The Morgan fingerprint density at radius 2 is 1.96 bits per heavy atom. The topological polar surface area (TPSA) is 48.6 Å². The Kier molecular flexibility index (Phi) is 5.33. The van der Waals surface area contributed by atoms with Crippen molar-refractivity contribution in [1.82, 2.24) is 14.0 Å². The monoisotopic (exact) mass is 349 g/mol. The van der Waals surface area contributed by atoms with Crippen LogP contribution in [0, 0.1) is 4.77 Å². The molecule has 0 bridgehead atoms. The molecule has 1 saturated heterocycles. The molecule has 0 aliphatic carbocycles. The van der Waals surface area contributed by atoms with Crippen LogP contribution < -0.4 is 0 Å². The van der Waals surface area contributed by atoms with E-state index in [4.69, 9.17) is 21.7 Å². The van der Waals surface area contributed by atoms with Crippen molar-refractivity contribution in [2.75, 3.05) is 32.9 Å². The third-order valence-electron chi connectivity index (χ3n) is 4.29. The zero-order chi connectivity index (χ0) is 17.1. The van der Waals surface area contributed by atoms with E-state index in [-0.39, 0.29) is 5.97 Å². The molecule has 1 fully saturated rings. The molecule has 1 aliphatic heterocycles. The lowest BCUT2D eigenvalue weighted by Crippen LogP contribution is -2.37. The van der Waals surface area contributed by atoms with E-state index < -0.39 is 0 Å². The summed E-state index contributed by atoms with van der Waals surface area (Å²) in [4.78, 5) is 14.4. The zero-order valence-electron chi connectivity index (χ0n) is 14.2. The van der Waals surface area contributed by atoms with Gasteiger partial charge >= 0.3 is 5.97 Å². The first-order valence-electron chi connectivity index (χ1n) is 8.36. The van der Waals surface area contributed by atoms with Crippen molar-refractivity contribution < 1.29 is 14.3 Å². The first-order chi connectivity index (χ1) is 11.7. The van der Waals surface area contributed by atoms with Crippen molar-refractivity contribution in [3.8, 4) is 0 Å². The first-order valence-corrected chi connectivity index (χ1v) is 8.76. The van der Waals surface area contributed by atoms with Crippen molar-refractivity contribution in [2.45, 2.75) is 27.1 Å². The van der Waals surface area contributed by atoms with Gasteiger partial charge in [-0.2, -0.15) is 0 Å². The van der Waals surface area contributed by atoms with Crippen LogP contribution in [0.1, 0.15) is 24.2 Å². The standard InChI is InChI=1S/C17H23N3O3S/c1-3-19-14-6-5-13(16(21)23-4-2)11-15(14)20(17(19)24)12-18-7-9-22-10-8-18/h5-6,11H,3-4,7-10,12H2,1-2H3. The second-order valence-corrected chi connectivity index (χ2v) is 6.12. The molecular formula is C17H23N3O3S. The molecule has 1 aromatic carbocycles. The van der Waals surface area contributed by atoms with Gasteiger partial charge in [0, 0.05) is 19.6 Å². The minimum atomic E-state index is -0.299. The van der Waals surface area contributed by atoms with Crippen LogP contribution in [0.5, 0.6) is 0 Å². The van der Waals surface area contributed by atoms with Crippen LogP contribution in [0.4, 0.5) is 0 Å². The maximum Gasteiger partial charge on any atom is 0.338 e. The number of morpholine rings is 1. The van der Waals surface area contributed by atoms with Crippen molar-refractivity contribution in [3.05, 3.63) is 28.5 Å². The van der Waals surface area contributed by atoms with E-state index in [9.17, 15) is 4.79 Å². The number of ether oxygens (including phenoxy) is 2. The Morgan fingerprint density at radius 3 is 2.62 bits per heavy atom. The normalized spacial score (nSPS) is 15.8. The van der Waals surface area contributed by atoms with Crippen LogP contribution in [0.15, 0.2) is 18.2 Å². The number of aromatic nitrogens is 2. The molecule has 0 amide bonds. The van der Waals surface area contributed by atoms with E-state index in [2.05, 4.69) is 21.0 Å². The summed E-state index contributed by atoms with van der Waals surface area (Å²) in [6.07, 6.45) is 0. The molecule has 0 radical (unpaired) electrons. The van der Waals surface area contributed by atoms with E-state index in [0.29, 0.717) is 18.8 Å². The van der Waals surface area contributed by atoms with Gasteiger partial charge in [-0.15, -0.1) is 0 Å². The number of aryl methyl sites for hydroxylation is 1. The van der Waals surface area contributed by atoms with Gasteiger partial charge in [0.2, 0.25) is 0 Å². The lowest BCUT2D eigenvalue weighted by molar-refractivity contribution is 0.0238. The van der Waals surface area contributed by atoms with Crippen LogP contribution in [0.2, 0.25) is 0 Å². The molecule has 0 atom stereocenters. The molecule has 3 rings (SSSR count). The SMILES string of the molecule is CCOC(=O)c1ccc2c(c1)n(CN1CCOCC1)c(=S)n2CC. The van der Waals surface area contributed by atoms with Gasteiger partial charge in [0.25, 0.3) is 0 Å². The predicted octanol–water partition coefficient (Wildman–Crippen LogP) is 2.66. The fraction of sp³-hybridized carbons (Fsp3) is 0.529. The predicted molar refractivity (Wildman–Crippen MR) is 94.8 cm³/mol. The summed E-state index contributed by atoms with van der Waals surface area (Å²) >= 11 is 5.67. The highest BCUT2D eigenvalue weighted by Crippen LogP contribution is 2.21. The number of carbonyl (C=O) groups is 1. The quantitative estimate of drug-likeness (QED) is 0.613. The summed E-state index contributed by atoms with van der Waals surface area (Å²) in [5, 5.41) is 0. The molecule has 2 aromatic rings. The van der Waals surface area contributed by atoms with E-state index in [1.54, 1.807) is 6.07 Å². The molecule has 0 saturated carbocycles. The number of nitrogens with zero attached hydrogens (tertiary/aromatic N) is 3. The average Bonchev–Trinajstić information content (AvgIpc) is 2.87. The van der Waals surface area contributed by atoms with E-state index in [1.807, 2.05) is 19.1 Å². The van der Waals surface area contributed by atoms with Crippen molar-refractivity contribution in [3.63, 3.8) is 0 Å². The van der Waals surface area contributed by atoms with Gasteiger partial charge in [-0.05, 0) is 44.3 Å². The van der Waals surface area contributed by atoms with E-state index >= 15 is 0 Å². The number of benzene rings is 1. The fourth-order valence-corrected chi connectivity index (χ4v) is 3.43. The molecule has 1 aliphatic rings. The largest absolute Gasteiger partial charge is 0.462 e. The molecule has 0 N–H and O–H groups in total. The maximum absolute atomic E-state index is 12.1. The zero-order valence-corrected chi connectivity index (χ0v) is 15.0. The molecule has 7 heteroatoms. The maximum atomic E-state index is 12.1. The highest BCUT2D eigenvalue weighted by Gasteiger charge is 2.17. The van der Waals surface area contributed by atoms with E-state index in [1.165, 1.54) is 0 Å². The van der Waals surface area contributed by atoms with Crippen LogP contribution >= 0.6 is 12.2 Å². The van der Waals surface area contributed by atoms with Crippen LogP contribution in [-0.4, -0.2) is 52.9 Å². The molecule has 130 valence electrons. The van der Waals surface area contributed by atoms with Crippen molar-refractivity contribution >= 4 is 29.2 Å². The molecule has 6 nitrogen and oxygen atoms in total. The van der Waals surface area contributed by atoms with Gasteiger partial charge in [-0.3, -0.25) is 4.90 Å². The molecule has 0 spiro atoms. The third kappa shape index (κ3) is 3.24. The highest BCUT2D eigenvalue weighted by molar-refractivity contribution is 7.71. The van der Waals surface area contributed by atoms with Crippen LogP contribution in [0.3, 0.4) is 0 Å². The number of imidazole rings is 1. The number of fused-ring (bicyclic) bond motifs is 1. The minimum absolute atomic E-state index is 0.299. The van der Waals surface area contributed by atoms with Gasteiger partial charge < -0.3 is 18.6 Å².